The van der Waals surface area contributed by atoms with Crippen molar-refractivity contribution >= 4 is 41.7 Å². The zero-order valence-corrected chi connectivity index (χ0v) is 17.6. The van der Waals surface area contributed by atoms with Crippen molar-refractivity contribution in [1.82, 2.24) is 20.0 Å². The summed E-state index contributed by atoms with van der Waals surface area (Å²) in [7, 11) is 1.98. The van der Waals surface area contributed by atoms with Crippen LogP contribution in [0.2, 0.25) is 0 Å². The first-order valence-corrected chi connectivity index (χ1v) is 9.64. The molecule has 1 N–H and O–H groups in total. The second kappa shape index (κ2) is 11.2. The summed E-state index contributed by atoms with van der Waals surface area (Å²) in [5.41, 5.74) is 1.35. The highest BCUT2D eigenvalue weighted by atomic mass is 127. The molecule has 0 aromatic carbocycles. The number of likely N-dealkylation sites (tertiary alicyclic amines) is 1. The van der Waals surface area contributed by atoms with E-state index in [9.17, 15) is 0 Å². The summed E-state index contributed by atoms with van der Waals surface area (Å²) in [5, 5.41) is 7.74. The molecule has 1 aliphatic rings. The molecule has 1 aliphatic heterocycles. The molecule has 2 rings (SSSR count). The number of nitrogens with one attached hydrogen (secondary N) is 1. The van der Waals surface area contributed by atoms with Crippen LogP contribution in [0.5, 0.6) is 0 Å². The smallest absolute Gasteiger partial charge is 0.193 e. The lowest BCUT2D eigenvalue weighted by atomic mass is 10.0. The zero-order chi connectivity index (χ0) is 15.8. The molecule has 7 heteroatoms. The Balaban J connectivity index is 0.00000264. The van der Waals surface area contributed by atoms with Gasteiger partial charge in [0.2, 0.25) is 0 Å². The van der Waals surface area contributed by atoms with E-state index in [4.69, 9.17) is 4.99 Å². The first kappa shape index (κ1) is 20.6. The van der Waals surface area contributed by atoms with Crippen LogP contribution in [0.15, 0.2) is 17.4 Å². The van der Waals surface area contributed by atoms with Gasteiger partial charge in [0.15, 0.2) is 5.96 Å². The number of aromatic nitrogens is 2. The second-order valence-corrected chi connectivity index (χ2v) is 6.80. The Hall–Kier alpha value is -0.440. The number of halogens is 1. The van der Waals surface area contributed by atoms with Crippen LogP contribution in [0, 0.1) is 0 Å². The van der Waals surface area contributed by atoms with E-state index in [0.717, 1.165) is 32.1 Å². The minimum absolute atomic E-state index is 0. The van der Waals surface area contributed by atoms with Crippen molar-refractivity contribution in [1.29, 1.82) is 0 Å². The lowest BCUT2D eigenvalue weighted by molar-refractivity contribution is 0.485. The molecule has 0 amide bonds. The molecule has 0 radical (unpaired) electrons. The largest absolute Gasteiger partial charge is 0.357 e. The second-order valence-electron chi connectivity index (χ2n) is 5.81. The minimum atomic E-state index is 0. The summed E-state index contributed by atoms with van der Waals surface area (Å²) in [4.78, 5) is 7.20. The van der Waals surface area contributed by atoms with Crippen LogP contribution in [0.3, 0.4) is 0 Å². The molecule has 0 saturated carbocycles. The van der Waals surface area contributed by atoms with Crippen LogP contribution in [0.4, 0.5) is 0 Å². The standard InChI is InChI=1S/C16H29N5S.HI/c1-4-17-16(18-8-5-6-10-22-3)21-9-7-14(13-21)15-11-19-20(2)12-15;/h11-12,14H,4-10,13H2,1-3H3,(H,17,18);1H. The maximum absolute atomic E-state index is 4.80. The highest BCUT2D eigenvalue weighted by Gasteiger charge is 2.26. The Bertz CT molecular complexity index is 477. The summed E-state index contributed by atoms with van der Waals surface area (Å²) in [6, 6.07) is 0. The number of unbranched alkanes of at least 4 members (excludes halogenated alkanes) is 1. The van der Waals surface area contributed by atoms with Gasteiger partial charge in [0.1, 0.15) is 0 Å². The lowest BCUT2D eigenvalue weighted by Gasteiger charge is -2.21. The fourth-order valence-corrected chi connectivity index (χ4v) is 3.34. The Morgan fingerprint density at radius 1 is 1.48 bits per heavy atom. The van der Waals surface area contributed by atoms with E-state index in [0.29, 0.717) is 5.92 Å². The molecule has 1 saturated heterocycles. The third-order valence-electron chi connectivity index (χ3n) is 4.04. The third kappa shape index (κ3) is 6.52. The molecule has 0 aliphatic carbocycles. The van der Waals surface area contributed by atoms with Gasteiger partial charge < -0.3 is 10.2 Å². The fourth-order valence-electron chi connectivity index (χ4n) is 2.84. The number of hydrogen-bond acceptors (Lipinski definition) is 3. The molecule has 1 unspecified atom stereocenters. The Morgan fingerprint density at radius 3 is 2.96 bits per heavy atom. The highest BCUT2D eigenvalue weighted by molar-refractivity contribution is 14.0. The topological polar surface area (TPSA) is 45.5 Å². The molecule has 0 spiro atoms. The van der Waals surface area contributed by atoms with E-state index in [1.165, 1.54) is 30.6 Å². The van der Waals surface area contributed by atoms with Crippen LogP contribution in [-0.4, -0.2) is 58.8 Å². The van der Waals surface area contributed by atoms with Gasteiger partial charge in [-0.15, -0.1) is 24.0 Å². The number of thioether (sulfide) groups is 1. The van der Waals surface area contributed by atoms with Crippen LogP contribution < -0.4 is 5.32 Å². The number of nitrogens with zero attached hydrogens (tertiary/aromatic N) is 4. The van der Waals surface area contributed by atoms with Gasteiger partial charge in [0, 0.05) is 45.3 Å². The Kier molecular flexibility index (Phi) is 10.0. The molecule has 2 heterocycles. The van der Waals surface area contributed by atoms with Gasteiger partial charge in [-0.2, -0.15) is 16.9 Å². The van der Waals surface area contributed by atoms with E-state index in [1.54, 1.807) is 0 Å². The number of rotatable bonds is 7. The first-order chi connectivity index (χ1) is 10.7. The minimum Gasteiger partial charge on any atom is -0.357 e. The van der Waals surface area contributed by atoms with Gasteiger partial charge in [0.25, 0.3) is 0 Å². The van der Waals surface area contributed by atoms with E-state index in [2.05, 4.69) is 34.7 Å². The lowest BCUT2D eigenvalue weighted by Crippen LogP contribution is -2.40. The molecular formula is C16H30IN5S. The molecule has 1 aromatic heterocycles. The third-order valence-corrected chi connectivity index (χ3v) is 4.73. The first-order valence-electron chi connectivity index (χ1n) is 8.25. The normalized spacial score (nSPS) is 18.1. The number of aryl methyl sites for hydroxylation is 1. The maximum Gasteiger partial charge on any atom is 0.193 e. The SMILES string of the molecule is CCNC(=NCCCCSC)N1CCC(c2cnn(C)c2)C1.I. The van der Waals surface area contributed by atoms with Crippen LogP contribution in [0.25, 0.3) is 0 Å². The Labute approximate surface area is 161 Å². The quantitative estimate of drug-likeness (QED) is 0.300. The van der Waals surface area contributed by atoms with Crippen LogP contribution in [0.1, 0.15) is 37.7 Å². The zero-order valence-electron chi connectivity index (χ0n) is 14.5. The maximum atomic E-state index is 4.80. The average Bonchev–Trinajstić information content (AvgIpc) is 3.14. The molecule has 132 valence electrons. The van der Waals surface area contributed by atoms with Crippen molar-refractivity contribution in [2.75, 3.05) is 38.2 Å². The van der Waals surface area contributed by atoms with Crippen molar-refractivity contribution in [2.45, 2.75) is 32.1 Å². The summed E-state index contributed by atoms with van der Waals surface area (Å²) in [6.45, 7) is 6.12. The van der Waals surface area contributed by atoms with Gasteiger partial charge in [-0.1, -0.05) is 0 Å². The predicted octanol–water partition coefficient (Wildman–Crippen LogP) is 2.94. The van der Waals surface area contributed by atoms with Crippen LogP contribution >= 0.6 is 35.7 Å². The monoisotopic (exact) mass is 451 g/mol. The van der Waals surface area contributed by atoms with E-state index < -0.39 is 0 Å². The molecular weight excluding hydrogens is 421 g/mol. The molecule has 1 fully saturated rings. The van der Waals surface area contributed by atoms with Crippen molar-refractivity contribution in [2.24, 2.45) is 12.0 Å². The number of hydrogen-bond donors (Lipinski definition) is 1. The van der Waals surface area contributed by atoms with Crippen molar-refractivity contribution < 1.29 is 0 Å². The molecule has 0 bridgehead atoms. The summed E-state index contributed by atoms with van der Waals surface area (Å²) in [5.74, 6) is 2.89. The van der Waals surface area contributed by atoms with Gasteiger partial charge in [-0.05, 0) is 43.8 Å². The predicted molar refractivity (Wildman–Crippen MR) is 111 cm³/mol. The summed E-state index contributed by atoms with van der Waals surface area (Å²) < 4.78 is 1.89. The van der Waals surface area contributed by atoms with Gasteiger partial charge >= 0.3 is 0 Å². The van der Waals surface area contributed by atoms with E-state index >= 15 is 0 Å². The molecule has 1 aromatic rings. The van der Waals surface area contributed by atoms with Crippen LogP contribution in [-0.2, 0) is 7.05 Å². The average molecular weight is 451 g/mol. The Morgan fingerprint density at radius 2 is 2.30 bits per heavy atom. The molecule has 1 atom stereocenters. The summed E-state index contributed by atoms with van der Waals surface area (Å²) >= 11 is 1.91. The molecule has 5 nitrogen and oxygen atoms in total. The van der Waals surface area contributed by atoms with Gasteiger partial charge in [-0.3, -0.25) is 9.67 Å². The molecule has 23 heavy (non-hydrogen) atoms. The van der Waals surface area contributed by atoms with E-state index in [-0.39, 0.29) is 24.0 Å². The van der Waals surface area contributed by atoms with Crippen molar-refractivity contribution in [3.63, 3.8) is 0 Å². The highest BCUT2D eigenvalue weighted by Crippen LogP contribution is 2.26. The summed E-state index contributed by atoms with van der Waals surface area (Å²) in [6.07, 6.45) is 9.91. The fraction of sp³-hybridized carbons (Fsp3) is 0.750. The van der Waals surface area contributed by atoms with Crippen molar-refractivity contribution in [3.05, 3.63) is 18.0 Å². The number of aliphatic imine (C=N–C) groups is 1. The van der Waals surface area contributed by atoms with Gasteiger partial charge in [0.05, 0.1) is 6.20 Å². The van der Waals surface area contributed by atoms with Crippen molar-refractivity contribution in [3.8, 4) is 0 Å². The van der Waals surface area contributed by atoms with E-state index in [1.807, 2.05) is 29.7 Å². The van der Waals surface area contributed by atoms with Gasteiger partial charge in [-0.25, -0.2) is 0 Å². The number of guanidine groups is 1.